The molecule has 0 unspecified atom stereocenters. The van der Waals surface area contributed by atoms with E-state index in [-0.39, 0.29) is 5.75 Å². The van der Waals surface area contributed by atoms with Gasteiger partial charge in [0.25, 0.3) is 0 Å². The Morgan fingerprint density at radius 2 is 2.06 bits per heavy atom. The smallest absolute Gasteiger partial charge is 0.133 e. The van der Waals surface area contributed by atoms with E-state index in [1.807, 2.05) is 6.07 Å². The van der Waals surface area contributed by atoms with E-state index in [4.69, 9.17) is 5.11 Å². The van der Waals surface area contributed by atoms with E-state index in [2.05, 4.69) is 42.3 Å². The maximum atomic E-state index is 9.15. The molecule has 0 amide bonds. The summed E-state index contributed by atoms with van der Waals surface area (Å²) in [6.07, 6.45) is 2.52. The van der Waals surface area contributed by atoms with Gasteiger partial charge in [0, 0.05) is 5.69 Å². The number of benzene rings is 1. The molecule has 0 bridgehead atoms. The third-order valence-electron chi connectivity index (χ3n) is 3.01. The van der Waals surface area contributed by atoms with E-state index >= 15 is 0 Å². The predicted octanol–water partition coefficient (Wildman–Crippen LogP) is 3.27. The van der Waals surface area contributed by atoms with Gasteiger partial charge in [-0.3, -0.25) is 4.98 Å². The Morgan fingerprint density at radius 1 is 1.22 bits per heavy atom. The van der Waals surface area contributed by atoms with Crippen LogP contribution < -0.4 is 5.32 Å². The molecule has 0 atom stereocenters. The van der Waals surface area contributed by atoms with Gasteiger partial charge in [-0.2, -0.15) is 0 Å². The minimum Gasteiger partial charge on any atom is -0.506 e. The molecule has 0 saturated heterocycles. The largest absolute Gasteiger partial charge is 0.506 e. The molecule has 1 aromatic carbocycles. The summed E-state index contributed by atoms with van der Waals surface area (Å²) in [5.41, 5.74) is 4.69. The minimum absolute atomic E-state index is 0.196. The zero-order chi connectivity index (χ0) is 13.0. The lowest BCUT2D eigenvalue weighted by molar-refractivity contribution is 0.472. The number of nitrogens with one attached hydrogen (secondary N) is 1. The molecule has 1 aromatic heterocycles. The van der Waals surface area contributed by atoms with Crippen LogP contribution in [0.4, 0.5) is 5.69 Å². The highest BCUT2D eigenvalue weighted by molar-refractivity contribution is 5.48. The van der Waals surface area contributed by atoms with Crippen molar-refractivity contribution in [2.24, 2.45) is 0 Å². The summed E-state index contributed by atoms with van der Waals surface area (Å²) in [4.78, 5) is 4.14. The van der Waals surface area contributed by atoms with Crippen molar-refractivity contribution in [3.8, 4) is 5.75 Å². The molecule has 2 N–H and O–H groups in total. The van der Waals surface area contributed by atoms with E-state index in [0.29, 0.717) is 6.54 Å². The number of rotatable bonds is 4. The van der Waals surface area contributed by atoms with Crippen molar-refractivity contribution in [3.63, 3.8) is 0 Å². The highest BCUT2D eigenvalue weighted by Crippen LogP contribution is 2.16. The minimum atomic E-state index is 0.196. The van der Waals surface area contributed by atoms with Crippen molar-refractivity contribution in [1.82, 2.24) is 4.98 Å². The second kappa shape index (κ2) is 5.54. The zero-order valence-electron chi connectivity index (χ0n) is 10.8. The van der Waals surface area contributed by atoms with E-state index in [1.165, 1.54) is 17.3 Å². The molecule has 0 radical (unpaired) electrons. The summed E-state index contributed by atoms with van der Waals surface area (Å²) in [6.45, 7) is 4.95. The van der Waals surface area contributed by atoms with E-state index in [9.17, 15) is 0 Å². The van der Waals surface area contributed by atoms with E-state index in [0.717, 1.165) is 17.8 Å². The number of hydrogen-bond acceptors (Lipinski definition) is 3. The number of aryl methyl sites for hydroxylation is 2. The molecule has 2 aromatic rings. The molecule has 0 aliphatic carbocycles. The maximum absolute atomic E-state index is 9.15. The number of aromatic hydroxyl groups is 1. The summed E-state index contributed by atoms with van der Waals surface area (Å²) in [7, 11) is 0. The van der Waals surface area contributed by atoms with Crippen molar-refractivity contribution in [1.29, 1.82) is 0 Å². The van der Waals surface area contributed by atoms with Crippen LogP contribution in [-0.2, 0) is 13.0 Å². The summed E-state index contributed by atoms with van der Waals surface area (Å²) in [5, 5.41) is 12.5. The van der Waals surface area contributed by atoms with Crippen LogP contribution in [0, 0.1) is 6.92 Å². The Labute approximate surface area is 108 Å². The molecular formula is C15H18N2O. The molecule has 0 saturated carbocycles. The molecular weight excluding hydrogens is 224 g/mol. The molecule has 0 spiro atoms. The summed E-state index contributed by atoms with van der Waals surface area (Å²) < 4.78 is 0. The van der Waals surface area contributed by atoms with Crippen LogP contribution >= 0.6 is 0 Å². The van der Waals surface area contributed by atoms with Gasteiger partial charge in [-0.1, -0.05) is 13.0 Å². The van der Waals surface area contributed by atoms with Crippen LogP contribution in [0.1, 0.15) is 23.7 Å². The van der Waals surface area contributed by atoms with Crippen molar-refractivity contribution in [2.75, 3.05) is 5.32 Å². The number of aromatic nitrogens is 1. The standard InChI is InChI=1S/C15H18N2O/c1-3-12-4-5-13(8-11(12)2)16-9-14-6-7-15(18)10-17-14/h4-8,10,16,18H,3,9H2,1-2H3. The summed E-state index contributed by atoms with van der Waals surface area (Å²) in [5.74, 6) is 0.196. The van der Waals surface area contributed by atoms with Crippen LogP contribution in [0.2, 0.25) is 0 Å². The first-order chi connectivity index (χ1) is 8.69. The number of hydrogen-bond donors (Lipinski definition) is 2. The third kappa shape index (κ3) is 3.00. The zero-order valence-corrected chi connectivity index (χ0v) is 10.8. The number of anilines is 1. The molecule has 0 aliphatic heterocycles. The highest BCUT2D eigenvalue weighted by atomic mass is 16.3. The van der Waals surface area contributed by atoms with E-state index in [1.54, 1.807) is 6.07 Å². The third-order valence-corrected chi connectivity index (χ3v) is 3.01. The van der Waals surface area contributed by atoms with Crippen LogP contribution in [0.15, 0.2) is 36.5 Å². The van der Waals surface area contributed by atoms with E-state index < -0.39 is 0 Å². The fourth-order valence-corrected chi connectivity index (χ4v) is 1.92. The first kappa shape index (κ1) is 12.4. The van der Waals surface area contributed by atoms with Gasteiger partial charge in [-0.15, -0.1) is 0 Å². The fourth-order valence-electron chi connectivity index (χ4n) is 1.92. The molecule has 18 heavy (non-hydrogen) atoms. The predicted molar refractivity (Wildman–Crippen MR) is 73.8 cm³/mol. The second-order valence-corrected chi connectivity index (χ2v) is 4.36. The molecule has 3 nitrogen and oxygen atoms in total. The van der Waals surface area contributed by atoms with Gasteiger partial charge in [0.05, 0.1) is 18.4 Å². The lowest BCUT2D eigenvalue weighted by Gasteiger charge is -2.09. The lowest BCUT2D eigenvalue weighted by Crippen LogP contribution is -2.01. The molecule has 0 fully saturated rings. The van der Waals surface area contributed by atoms with Gasteiger partial charge in [0.1, 0.15) is 5.75 Å². The topological polar surface area (TPSA) is 45.1 Å². The normalized spacial score (nSPS) is 10.3. The lowest BCUT2D eigenvalue weighted by atomic mass is 10.1. The Morgan fingerprint density at radius 3 is 2.67 bits per heavy atom. The molecule has 3 heteroatoms. The van der Waals surface area contributed by atoms with Gasteiger partial charge in [0.15, 0.2) is 0 Å². The van der Waals surface area contributed by atoms with Crippen molar-refractivity contribution in [2.45, 2.75) is 26.8 Å². The Hall–Kier alpha value is -2.03. The molecule has 2 rings (SSSR count). The Balaban J connectivity index is 2.02. The number of nitrogens with zero attached hydrogens (tertiary/aromatic N) is 1. The highest BCUT2D eigenvalue weighted by Gasteiger charge is 1.99. The van der Waals surface area contributed by atoms with Crippen LogP contribution in [0.25, 0.3) is 0 Å². The first-order valence-corrected chi connectivity index (χ1v) is 6.16. The Bertz CT molecular complexity index is 521. The van der Waals surface area contributed by atoms with Crippen molar-refractivity contribution < 1.29 is 5.11 Å². The Kier molecular flexibility index (Phi) is 3.82. The van der Waals surface area contributed by atoms with Gasteiger partial charge in [0.2, 0.25) is 0 Å². The van der Waals surface area contributed by atoms with Gasteiger partial charge in [-0.05, 0) is 48.7 Å². The monoisotopic (exact) mass is 242 g/mol. The average Bonchev–Trinajstić information content (AvgIpc) is 2.38. The van der Waals surface area contributed by atoms with Crippen LogP contribution in [0.3, 0.4) is 0 Å². The molecule has 1 heterocycles. The first-order valence-electron chi connectivity index (χ1n) is 6.16. The van der Waals surface area contributed by atoms with Gasteiger partial charge < -0.3 is 10.4 Å². The van der Waals surface area contributed by atoms with Crippen LogP contribution in [-0.4, -0.2) is 10.1 Å². The van der Waals surface area contributed by atoms with Gasteiger partial charge >= 0.3 is 0 Å². The summed E-state index contributed by atoms with van der Waals surface area (Å²) in [6, 6.07) is 9.86. The quantitative estimate of drug-likeness (QED) is 0.865. The van der Waals surface area contributed by atoms with Gasteiger partial charge in [-0.25, -0.2) is 0 Å². The molecule has 94 valence electrons. The SMILES string of the molecule is CCc1ccc(NCc2ccc(O)cn2)cc1C. The van der Waals surface area contributed by atoms with Crippen LogP contribution in [0.5, 0.6) is 5.75 Å². The number of pyridine rings is 1. The van der Waals surface area contributed by atoms with Crippen molar-refractivity contribution in [3.05, 3.63) is 53.3 Å². The maximum Gasteiger partial charge on any atom is 0.133 e. The average molecular weight is 242 g/mol. The summed E-state index contributed by atoms with van der Waals surface area (Å²) >= 11 is 0. The fraction of sp³-hybridized carbons (Fsp3) is 0.267. The second-order valence-electron chi connectivity index (χ2n) is 4.36. The molecule has 0 aliphatic rings. The van der Waals surface area contributed by atoms with Crippen molar-refractivity contribution >= 4 is 5.69 Å².